The van der Waals surface area contributed by atoms with E-state index in [1.807, 2.05) is 0 Å². The molecule has 3 aliphatic rings. The number of hydrogen-bond donors (Lipinski definition) is 2. The smallest absolute Gasteiger partial charge is 0.355 e. The number of rotatable bonds is 4. The van der Waals surface area contributed by atoms with E-state index in [-0.39, 0.29) is 16.9 Å². The Bertz CT molecular complexity index is 1240. The lowest BCUT2D eigenvalue weighted by Gasteiger charge is -2.15. The van der Waals surface area contributed by atoms with Gasteiger partial charge in [0.1, 0.15) is 0 Å². The van der Waals surface area contributed by atoms with Gasteiger partial charge in [-0.3, -0.25) is 0 Å². The van der Waals surface area contributed by atoms with Crippen LogP contribution in [0.2, 0.25) is 0 Å². The number of urea groups is 1. The van der Waals surface area contributed by atoms with Crippen LogP contribution in [-0.4, -0.2) is 39.8 Å². The predicted molar refractivity (Wildman–Crippen MR) is 120 cm³/mol. The van der Waals surface area contributed by atoms with Crippen LogP contribution in [0.4, 0.5) is 10.5 Å². The first kappa shape index (κ1) is 21.7. The highest BCUT2D eigenvalue weighted by molar-refractivity contribution is 7.92. The Balaban J connectivity index is 1.51. The number of nitriles is 1. The monoisotopic (exact) mass is 470 g/mol. The van der Waals surface area contributed by atoms with E-state index in [0.29, 0.717) is 19.6 Å². The Morgan fingerprint density at radius 2 is 2.03 bits per heavy atom. The van der Waals surface area contributed by atoms with Crippen LogP contribution >= 0.6 is 0 Å². The molecule has 10 nitrogen and oxygen atoms in total. The van der Waals surface area contributed by atoms with Gasteiger partial charge in [0.05, 0.1) is 25.5 Å². The van der Waals surface area contributed by atoms with Gasteiger partial charge in [0.2, 0.25) is 5.88 Å². The third-order valence-corrected chi connectivity index (χ3v) is 8.21. The summed E-state index contributed by atoms with van der Waals surface area (Å²) in [5.74, 6) is 0.223. The number of methoxy groups -OCH3 is 1. The number of anilines is 1. The van der Waals surface area contributed by atoms with E-state index < -0.39 is 15.9 Å². The van der Waals surface area contributed by atoms with Crippen LogP contribution in [0, 0.1) is 11.5 Å². The molecule has 1 aliphatic heterocycles. The van der Waals surface area contributed by atoms with Crippen LogP contribution in [0.5, 0.6) is 5.88 Å². The summed E-state index contributed by atoms with van der Waals surface area (Å²) < 4.78 is 32.6. The number of nitrogens with zero attached hydrogens (tertiary/aromatic N) is 4. The van der Waals surface area contributed by atoms with Crippen molar-refractivity contribution >= 4 is 21.6 Å². The average molecular weight is 471 g/mol. The highest BCUT2D eigenvalue weighted by atomic mass is 32.2. The molecular weight excluding hydrogens is 444 g/mol. The molecule has 0 saturated heterocycles. The number of fused-ring (bicyclic) bond motifs is 3. The number of benzene rings is 1. The standard InChI is InChI=1S/C22H26N6O4S/c1-31-16-8-9-32-21-19(11-24-28(21)12-16)33(30,25-13-23)27-22(29)26-20-17-6-2-4-14(17)10-15-5-3-7-18(15)20/h10-11,16H,2-9,12H2,1H3,(H2,25,26,27,29,30). The van der Waals surface area contributed by atoms with E-state index in [1.54, 1.807) is 13.3 Å². The minimum Gasteiger partial charge on any atom is -0.477 e. The normalized spacial score (nSPS) is 20.3. The van der Waals surface area contributed by atoms with Crippen molar-refractivity contribution in [1.29, 1.82) is 5.26 Å². The molecule has 33 heavy (non-hydrogen) atoms. The van der Waals surface area contributed by atoms with Crippen LogP contribution in [0.25, 0.3) is 0 Å². The molecule has 0 spiro atoms. The molecule has 0 saturated carbocycles. The van der Waals surface area contributed by atoms with Gasteiger partial charge in [-0.2, -0.15) is 10.4 Å². The number of ether oxygens (including phenoxy) is 2. The molecule has 0 radical (unpaired) electrons. The fourth-order valence-electron chi connectivity index (χ4n) is 4.99. The Morgan fingerprint density at radius 1 is 1.30 bits per heavy atom. The number of amides is 2. The number of hydrogen-bond acceptors (Lipinski definition) is 6. The summed E-state index contributed by atoms with van der Waals surface area (Å²) in [6.45, 7) is 0.732. The van der Waals surface area contributed by atoms with Crippen molar-refractivity contribution in [2.45, 2.75) is 62.5 Å². The van der Waals surface area contributed by atoms with Gasteiger partial charge < -0.3 is 14.8 Å². The molecule has 2 N–H and O–H groups in total. The second-order valence-electron chi connectivity index (χ2n) is 8.49. The van der Waals surface area contributed by atoms with Gasteiger partial charge in [0.25, 0.3) is 0 Å². The lowest BCUT2D eigenvalue weighted by molar-refractivity contribution is 0.0775. The molecule has 2 atom stereocenters. The van der Waals surface area contributed by atoms with E-state index >= 15 is 0 Å². The quantitative estimate of drug-likeness (QED) is 0.522. The third-order valence-electron chi connectivity index (χ3n) is 6.55. The number of nitrogens with one attached hydrogen (secondary N) is 2. The molecule has 2 unspecified atom stereocenters. The Kier molecular flexibility index (Phi) is 5.72. The molecule has 174 valence electrons. The van der Waals surface area contributed by atoms with E-state index in [1.165, 1.54) is 22.0 Å². The summed E-state index contributed by atoms with van der Waals surface area (Å²) in [6, 6.07) is 1.51. The maximum atomic E-state index is 13.7. The van der Waals surface area contributed by atoms with E-state index in [2.05, 4.69) is 25.6 Å². The van der Waals surface area contributed by atoms with Gasteiger partial charge in [0, 0.05) is 19.2 Å². The van der Waals surface area contributed by atoms with Crippen LogP contribution in [-0.2, 0) is 46.9 Å². The van der Waals surface area contributed by atoms with Gasteiger partial charge >= 0.3 is 6.03 Å². The maximum Gasteiger partial charge on any atom is 0.355 e. The summed E-state index contributed by atoms with van der Waals surface area (Å²) in [5.41, 5.74) is 5.63. The Morgan fingerprint density at radius 3 is 2.70 bits per heavy atom. The van der Waals surface area contributed by atoms with Crippen molar-refractivity contribution < 1.29 is 18.5 Å². The average Bonchev–Trinajstić information content (AvgIpc) is 3.51. The number of carbonyl (C=O) groups is 1. The van der Waals surface area contributed by atoms with Gasteiger partial charge in [-0.05, 0) is 60.8 Å². The minimum atomic E-state index is -3.65. The third kappa shape index (κ3) is 3.94. The molecule has 0 bridgehead atoms. The zero-order valence-electron chi connectivity index (χ0n) is 18.4. The van der Waals surface area contributed by atoms with Crippen molar-refractivity contribution in [1.82, 2.24) is 14.5 Å². The first-order chi connectivity index (χ1) is 16.0. The van der Waals surface area contributed by atoms with Gasteiger partial charge in [-0.15, -0.1) is 4.36 Å². The zero-order chi connectivity index (χ0) is 23.0. The fourth-order valence-corrected chi connectivity index (χ4v) is 6.24. The van der Waals surface area contributed by atoms with Crippen molar-refractivity contribution in [2.24, 2.45) is 4.36 Å². The summed E-state index contributed by atoms with van der Waals surface area (Å²) in [7, 11) is -2.04. The van der Waals surface area contributed by atoms with Gasteiger partial charge in [0.15, 0.2) is 21.0 Å². The first-order valence-electron chi connectivity index (χ1n) is 11.1. The highest BCUT2D eigenvalue weighted by Crippen LogP contribution is 2.39. The minimum absolute atomic E-state index is 0.0690. The van der Waals surface area contributed by atoms with Crippen LogP contribution in [0.1, 0.15) is 41.5 Å². The maximum absolute atomic E-state index is 13.7. The Hall–Kier alpha value is -3.10. The summed E-state index contributed by atoms with van der Waals surface area (Å²) >= 11 is 0. The molecule has 2 amide bonds. The van der Waals surface area contributed by atoms with Crippen molar-refractivity contribution in [3.63, 3.8) is 0 Å². The number of aryl methyl sites for hydroxylation is 2. The molecule has 11 heteroatoms. The van der Waals surface area contributed by atoms with E-state index in [4.69, 9.17) is 9.47 Å². The summed E-state index contributed by atoms with van der Waals surface area (Å²) in [6.07, 6.45) is 9.42. The molecule has 2 aliphatic carbocycles. The van der Waals surface area contributed by atoms with Crippen LogP contribution < -0.4 is 14.8 Å². The molecule has 2 aromatic rings. The number of aromatic nitrogens is 2. The SMILES string of the molecule is COC1CCOc2c(S(=O)(=NC(=O)Nc3c4c(cc5c3CCC5)CCC4)NC#N)cnn2C1. The largest absolute Gasteiger partial charge is 0.477 e. The van der Waals surface area contributed by atoms with E-state index in [0.717, 1.165) is 55.3 Å². The van der Waals surface area contributed by atoms with Gasteiger partial charge in [-0.25, -0.2) is 18.4 Å². The molecule has 1 aromatic heterocycles. The van der Waals surface area contributed by atoms with Crippen LogP contribution in [0.3, 0.4) is 0 Å². The lowest BCUT2D eigenvalue weighted by atomic mass is 9.99. The fraction of sp³-hybridized carbons (Fsp3) is 0.500. The summed E-state index contributed by atoms with van der Waals surface area (Å²) in [4.78, 5) is 13.1. The van der Waals surface area contributed by atoms with Gasteiger partial charge in [-0.1, -0.05) is 6.07 Å². The highest BCUT2D eigenvalue weighted by Gasteiger charge is 2.29. The summed E-state index contributed by atoms with van der Waals surface area (Å²) in [5, 5.41) is 16.4. The first-order valence-corrected chi connectivity index (χ1v) is 12.7. The van der Waals surface area contributed by atoms with Crippen molar-refractivity contribution in [3.8, 4) is 12.1 Å². The molecule has 5 rings (SSSR count). The Labute approximate surface area is 192 Å². The molecular formula is C22H26N6O4S. The van der Waals surface area contributed by atoms with E-state index in [9.17, 15) is 14.3 Å². The lowest BCUT2D eigenvalue weighted by Crippen LogP contribution is -2.22. The molecule has 2 heterocycles. The van der Waals surface area contributed by atoms with Crippen molar-refractivity contribution in [3.05, 3.63) is 34.5 Å². The van der Waals surface area contributed by atoms with Crippen molar-refractivity contribution in [2.75, 3.05) is 19.0 Å². The number of carbonyl (C=O) groups excluding carboxylic acids is 1. The second-order valence-corrected chi connectivity index (χ2v) is 10.4. The predicted octanol–water partition coefficient (Wildman–Crippen LogP) is 2.70. The second kappa shape index (κ2) is 8.68. The molecule has 1 aromatic carbocycles. The zero-order valence-corrected chi connectivity index (χ0v) is 19.2. The topological polar surface area (TPSA) is 131 Å². The van der Waals surface area contributed by atoms with Crippen LogP contribution in [0.15, 0.2) is 21.5 Å². The molecule has 0 fully saturated rings.